The van der Waals surface area contributed by atoms with Crippen LogP contribution in [0.15, 0.2) is 39.7 Å². The summed E-state index contributed by atoms with van der Waals surface area (Å²) >= 11 is 3.36. The smallest absolute Gasteiger partial charge is 0.258 e. The van der Waals surface area contributed by atoms with Crippen molar-refractivity contribution in [2.45, 2.75) is 13.5 Å². The van der Waals surface area contributed by atoms with Crippen LogP contribution in [0.25, 0.3) is 10.8 Å². The molecule has 0 fully saturated rings. The number of hydrogen-bond acceptors (Lipinski definition) is 1. The van der Waals surface area contributed by atoms with Gasteiger partial charge in [0, 0.05) is 22.6 Å². The monoisotopic (exact) mass is 251 g/mol. The first-order valence-electron chi connectivity index (χ1n) is 4.51. The Hall–Kier alpha value is -1.09. The van der Waals surface area contributed by atoms with Crippen molar-refractivity contribution in [3.05, 3.63) is 45.3 Å². The van der Waals surface area contributed by atoms with Gasteiger partial charge in [0.2, 0.25) is 0 Å². The highest BCUT2D eigenvalue weighted by Gasteiger charge is 2.01. The first-order valence-corrected chi connectivity index (χ1v) is 5.30. The molecule has 0 spiro atoms. The van der Waals surface area contributed by atoms with Gasteiger partial charge in [0.05, 0.1) is 0 Å². The molecule has 2 aromatic rings. The van der Waals surface area contributed by atoms with Gasteiger partial charge in [-0.1, -0.05) is 22.0 Å². The van der Waals surface area contributed by atoms with Crippen molar-refractivity contribution in [2.75, 3.05) is 0 Å². The number of aromatic nitrogens is 1. The normalized spacial score (nSPS) is 10.7. The average molecular weight is 252 g/mol. The molecule has 1 aromatic heterocycles. The van der Waals surface area contributed by atoms with Crippen LogP contribution in [0.1, 0.15) is 6.92 Å². The summed E-state index contributed by atoms with van der Waals surface area (Å²) in [4.78, 5) is 11.9. The Labute approximate surface area is 90.3 Å². The highest BCUT2D eigenvalue weighted by Crippen LogP contribution is 2.16. The topological polar surface area (TPSA) is 22.0 Å². The van der Waals surface area contributed by atoms with Crippen molar-refractivity contribution in [2.24, 2.45) is 0 Å². The van der Waals surface area contributed by atoms with E-state index in [0.29, 0.717) is 6.54 Å². The summed E-state index contributed by atoms with van der Waals surface area (Å²) in [5.41, 5.74) is 0.0753. The van der Waals surface area contributed by atoms with Gasteiger partial charge in [0.25, 0.3) is 5.56 Å². The van der Waals surface area contributed by atoms with Crippen molar-refractivity contribution in [3.63, 3.8) is 0 Å². The Morgan fingerprint density at radius 2 is 2.14 bits per heavy atom. The highest BCUT2D eigenvalue weighted by atomic mass is 79.9. The zero-order chi connectivity index (χ0) is 10.1. The summed E-state index contributed by atoms with van der Waals surface area (Å²) in [6, 6.07) is 7.72. The van der Waals surface area contributed by atoms with Crippen LogP contribution in [0.3, 0.4) is 0 Å². The second kappa shape index (κ2) is 3.58. The van der Waals surface area contributed by atoms with Gasteiger partial charge in [0.15, 0.2) is 0 Å². The van der Waals surface area contributed by atoms with E-state index in [1.807, 2.05) is 37.4 Å². The summed E-state index contributed by atoms with van der Waals surface area (Å²) in [7, 11) is 0. The fourth-order valence-electron chi connectivity index (χ4n) is 1.50. The second-order valence-electron chi connectivity index (χ2n) is 3.14. The third-order valence-corrected chi connectivity index (χ3v) is 2.77. The summed E-state index contributed by atoms with van der Waals surface area (Å²) in [5.74, 6) is 0. The van der Waals surface area contributed by atoms with E-state index in [-0.39, 0.29) is 5.56 Å². The van der Waals surface area contributed by atoms with Gasteiger partial charge in [-0.05, 0) is 30.5 Å². The van der Waals surface area contributed by atoms with Crippen LogP contribution in [0, 0.1) is 0 Å². The van der Waals surface area contributed by atoms with Crippen LogP contribution in [0.2, 0.25) is 0 Å². The van der Waals surface area contributed by atoms with E-state index >= 15 is 0 Å². The number of aryl methyl sites for hydroxylation is 1. The molecular weight excluding hydrogens is 242 g/mol. The maximum absolute atomic E-state index is 11.9. The minimum absolute atomic E-state index is 0.0753. The molecule has 0 N–H and O–H groups in total. The number of fused-ring (bicyclic) bond motifs is 1. The Balaban J connectivity index is 2.87. The first kappa shape index (κ1) is 9.46. The molecule has 0 atom stereocenters. The Bertz CT molecular complexity index is 530. The molecule has 0 bridgehead atoms. The van der Waals surface area contributed by atoms with Crippen LogP contribution in [-0.4, -0.2) is 4.57 Å². The largest absolute Gasteiger partial charge is 0.315 e. The van der Waals surface area contributed by atoms with E-state index in [9.17, 15) is 4.79 Å². The van der Waals surface area contributed by atoms with Gasteiger partial charge in [-0.25, -0.2) is 0 Å². The zero-order valence-corrected chi connectivity index (χ0v) is 9.41. The number of hydrogen-bond donors (Lipinski definition) is 0. The molecule has 3 heteroatoms. The predicted molar refractivity (Wildman–Crippen MR) is 61.6 cm³/mol. The van der Waals surface area contributed by atoms with Crippen molar-refractivity contribution >= 4 is 26.7 Å². The lowest BCUT2D eigenvalue weighted by atomic mass is 10.2. The number of nitrogens with zero attached hydrogens (tertiary/aromatic N) is 1. The minimum Gasteiger partial charge on any atom is -0.315 e. The SMILES string of the molecule is CCn1ccc2ccc(Br)cc2c1=O. The second-order valence-corrected chi connectivity index (χ2v) is 4.05. The zero-order valence-electron chi connectivity index (χ0n) is 7.83. The third kappa shape index (κ3) is 1.48. The molecule has 0 unspecified atom stereocenters. The van der Waals surface area contributed by atoms with Crippen LogP contribution >= 0.6 is 15.9 Å². The summed E-state index contributed by atoms with van der Waals surface area (Å²) in [5, 5.41) is 1.76. The number of benzene rings is 1. The quantitative estimate of drug-likeness (QED) is 0.764. The summed E-state index contributed by atoms with van der Waals surface area (Å²) in [6.45, 7) is 2.67. The Morgan fingerprint density at radius 3 is 2.86 bits per heavy atom. The minimum atomic E-state index is 0.0753. The van der Waals surface area contributed by atoms with Crippen LogP contribution < -0.4 is 5.56 Å². The van der Waals surface area contributed by atoms with Gasteiger partial charge < -0.3 is 4.57 Å². The Morgan fingerprint density at radius 1 is 1.36 bits per heavy atom. The molecule has 0 saturated carbocycles. The predicted octanol–water partition coefficient (Wildman–Crippen LogP) is 2.78. The van der Waals surface area contributed by atoms with E-state index < -0.39 is 0 Å². The van der Waals surface area contributed by atoms with E-state index in [2.05, 4.69) is 15.9 Å². The maximum Gasteiger partial charge on any atom is 0.258 e. The van der Waals surface area contributed by atoms with Gasteiger partial charge in [-0.2, -0.15) is 0 Å². The molecule has 0 aliphatic heterocycles. The molecule has 0 saturated heterocycles. The molecule has 1 aromatic carbocycles. The fraction of sp³-hybridized carbons (Fsp3) is 0.182. The molecular formula is C11H10BrNO. The highest BCUT2D eigenvalue weighted by molar-refractivity contribution is 9.10. The van der Waals surface area contributed by atoms with Crippen molar-refractivity contribution < 1.29 is 0 Å². The van der Waals surface area contributed by atoms with Crippen molar-refractivity contribution in [1.29, 1.82) is 0 Å². The number of rotatable bonds is 1. The average Bonchev–Trinajstić information content (AvgIpc) is 2.20. The fourth-order valence-corrected chi connectivity index (χ4v) is 1.86. The molecule has 0 aliphatic carbocycles. The lowest BCUT2D eigenvalue weighted by molar-refractivity contribution is 0.735. The third-order valence-electron chi connectivity index (χ3n) is 2.28. The molecule has 14 heavy (non-hydrogen) atoms. The lowest BCUT2D eigenvalue weighted by Gasteiger charge is -2.03. The van der Waals surface area contributed by atoms with E-state index in [1.165, 1.54) is 0 Å². The van der Waals surface area contributed by atoms with Crippen LogP contribution in [0.4, 0.5) is 0 Å². The number of pyridine rings is 1. The van der Waals surface area contributed by atoms with Crippen LogP contribution in [0.5, 0.6) is 0 Å². The van der Waals surface area contributed by atoms with Gasteiger partial charge in [-0.15, -0.1) is 0 Å². The van der Waals surface area contributed by atoms with E-state index in [1.54, 1.807) is 4.57 Å². The van der Waals surface area contributed by atoms with Crippen molar-refractivity contribution in [3.8, 4) is 0 Å². The molecule has 1 heterocycles. The van der Waals surface area contributed by atoms with E-state index in [4.69, 9.17) is 0 Å². The molecule has 2 rings (SSSR count). The summed E-state index contributed by atoms with van der Waals surface area (Å²) in [6.07, 6.45) is 1.83. The Kier molecular flexibility index (Phi) is 2.42. The molecule has 0 radical (unpaired) electrons. The van der Waals surface area contributed by atoms with Gasteiger partial charge >= 0.3 is 0 Å². The maximum atomic E-state index is 11.9. The molecule has 0 amide bonds. The summed E-state index contributed by atoms with van der Waals surface area (Å²) < 4.78 is 2.64. The van der Waals surface area contributed by atoms with Crippen LogP contribution in [-0.2, 0) is 6.54 Å². The first-order chi connectivity index (χ1) is 6.72. The number of halogens is 1. The standard InChI is InChI=1S/C11H10BrNO/c1-2-13-6-5-8-3-4-9(12)7-10(8)11(13)14/h3-7H,2H2,1H3. The molecule has 72 valence electrons. The van der Waals surface area contributed by atoms with E-state index in [0.717, 1.165) is 15.2 Å². The van der Waals surface area contributed by atoms with Gasteiger partial charge in [0.1, 0.15) is 0 Å². The molecule has 2 nitrogen and oxygen atoms in total. The molecule has 0 aliphatic rings. The van der Waals surface area contributed by atoms with Gasteiger partial charge in [-0.3, -0.25) is 4.79 Å². The van der Waals surface area contributed by atoms with Crippen molar-refractivity contribution in [1.82, 2.24) is 4.57 Å². The lowest BCUT2D eigenvalue weighted by Crippen LogP contribution is -2.18.